The number of rotatable bonds is 10. The van der Waals surface area contributed by atoms with Crippen molar-refractivity contribution < 1.29 is 9.57 Å². The zero-order valence-corrected chi connectivity index (χ0v) is 13.1. The Morgan fingerprint density at radius 3 is 2.60 bits per heavy atom. The summed E-state index contributed by atoms with van der Waals surface area (Å²) in [4.78, 5) is 11.1. The third kappa shape index (κ3) is 6.49. The molecule has 0 spiro atoms. The van der Waals surface area contributed by atoms with E-state index in [1.165, 1.54) is 0 Å². The first-order valence-electron chi connectivity index (χ1n) is 6.52. The second kappa shape index (κ2) is 10.2. The first kappa shape index (κ1) is 18.3. The Morgan fingerprint density at radius 1 is 1.45 bits per heavy atom. The highest BCUT2D eigenvalue weighted by molar-refractivity contribution is 6.06. The van der Waals surface area contributed by atoms with Crippen LogP contribution in [0.2, 0.25) is 0 Å². The van der Waals surface area contributed by atoms with Gasteiger partial charge in [-0.25, -0.2) is 4.99 Å². The molecule has 0 radical (unpaired) electrons. The van der Waals surface area contributed by atoms with Crippen molar-refractivity contribution >= 4 is 12.4 Å². The largest absolute Gasteiger partial charge is 0.413 e. The predicted molar refractivity (Wildman–Crippen MR) is 83.0 cm³/mol. The maximum Gasteiger partial charge on any atom is 0.132 e. The molecule has 114 valence electrons. The van der Waals surface area contributed by atoms with E-state index in [-0.39, 0.29) is 0 Å². The Bertz CT molecular complexity index is 389. The minimum Gasteiger partial charge on any atom is -0.413 e. The highest BCUT2D eigenvalue weighted by atomic mass is 16.6. The molecule has 0 aliphatic rings. The molecular formula is C14H26N4O2. The first-order chi connectivity index (χ1) is 9.47. The fourth-order valence-electron chi connectivity index (χ4n) is 1.51. The number of nitrogens with one attached hydrogen (secondary N) is 2. The van der Waals surface area contributed by atoms with Crippen LogP contribution in [0.5, 0.6) is 0 Å². The molecule has 0 aromatic carbocycles. The van der Waals surface area contributed by atoms with E-state index in [0.29, 0.717) is 37.0 Å². The predicted octanol–water partition coefficient (Wildman–Crippen LogP) is 1.96. The van der Waals surface area contributed by atoms with Gasteiger partial charge < -0.3 is 19.9 Å². The molecule has 0 aliphatic heterocycles. The van der Waals surface area contributed by atoms with Crippen LogP contribution in [0.4, 0.5) is 0 Å². The molecule has 0 unspecified atom stereocenters. The van der Waals surface area contributed by atoms with Crippen molar-refractivity contribution in [3.05, 3.63) is 23.2 Å². The van der Waals surface area contributed by atoms with Gasteiger partial charge in [-0.05, 0) is 27.5 Å². The molecule has 2 N–H and O–H groups in total. The molecule has 0 atom stereocenters. The smallest absolute Gasteiger partial charge is 0.132 e. The minimum atomic E-state index is 0.340. The number of aliphatic imine (C=N–C) groups is 1. The Morgan fingerprint density at radius 2 is 2.10 bits per heavy atom. The van der Waals surface area contributed by atoms with Crippen LogP contribution in [-0.4, -0.2) is 51.2 Å². The highest BCUT2D eigenvalue weighted by Crippen LogP contribution is 2.12. The summed E-state index contributed by atoms with van der Waals surface area (Å²) in [5, 5.41) is 8.08. The molecule has 0 fully saturated rings. The van der Waals surface area contributed by atoms with E-state index in [2.05, 4.69) is 17.2 Å². The molecular weight excluding hydrogens is 256 g/mol. The first-order valence-corrected chi connectivity index (χ1v) is 6.52. The van der Waals surface area contributed by atoms with Crippen molar-refractivity contribution in [3.63, 3.8) is 0 Å². The van der Waals surface area contributed by atoms with Crippen molar-refractivity contribution in [3.8, 4) is 0 Å². The van der Waals surface area contributed by atoms with Gasteiger partial charge in [0.25, 0.3) is 0 Å². The van der Waals surface area contributed by atoms with Crippen LogP contribution >= 0.6 is 0 Å². The van der Waals surface area contributed by atoms with Gasteiger partial charge in [0.15, 0.2) is 0 Å². The average Bonchev–Trinajstić information content (AvgIpc) is 2.43. The van der Waals surface area contributed by atoms with E-state index in [1.54, 1.807) is 20.1 Å². The van der Waals surface area contributed by atoms with Gasteiger partial charge in [-0.1, -0.05) is 0 Å². The van der Waals surface area contributed by atoms with E-state index >= 15 is 0 Å². The van der Waals surface area contributed by atoms with Gasteiger partial charge in [0.2, 0.25) is 0 Å². The molecule has 0 bridgehead atoms. The summed E-state index contributed by atoms with van der Waals surface area (Å²) in [6.07, 6.45) is 1.65. The normalized spacial score (nSPS) is 12.8. The Kier molecular flexibility index (Phi) is 9.32. The number of methoxy groups -OCH3 is 1. The lowest BCUT2D eigenvalue weighted by Gasteiger charge is -2.21. The van der Waals surface area contributed by atoms with Gasteiger partial charge in [-0.2, -0.15) is 5.48 Å². The summed E-state index contributed by atoms with van der Waals surface area (Å²) in [7, 11) is 3.54. The molecule has 0 aromatic heterocycles. The fraction of sp³-hybridized carbons (Fsp3) is 0.571. The van der Waals surface area contributed by atoms with Crippen molar-refractivity contribution in [2.45, 2.75) is 20.8 Å². The summed E-state index contributed by atoms with van der Waals surface area (Å²) >= 11 is 0. The molecule has 0 rings (SSSR count). The summed E-state index contributed by atoms with van der Waals surface area (Å²) in [5.41, 5.74) is 3.82. The monoisotopic (exact) mass is 282 g/mol. The molecule has 0 saturated heterocycles. The lowest BCUT2D eigenvalue weighted by Crippen LogP contribution is -2.23. The SMILES string of the molecule is C=N/C(=C(/C)C(=N)/C=C(\C)ONCC)N(C)CCOC. The van der Waals surface area contributed by atoms with Crippen LogP contribution in [0.1, 0.15) is 20.8 Å². The Labute approximate surface area is 121 Å². The second-order valence-electron chi connectivity index (χ2n) is 4.29. The quantitative estimate of drug-likeness (QED) is 0.365. The number of likely N-dealkylation sites (N-methyl/N-ethyl adjacent to an activating group) is 1. The number of ether oxygens (including phenoxy) is 1. The number of allylic oxidation sites excluding steroid dienone is 3. The molecule has 0 heterocycles. The van der Waals surface area contributed by atoms with Crippen molar-refractivity contribution in [2.75, 3.05) is 33.9 Å². The third-order valence-corrected chi connectivity index (χ3v) is 2.61. The van der Waals surface area contributed by atoms with Gasteiger partial charge in [0, 0.05) is 38.9 Å². The lowest BCUT2D eigenvalue weighted by molar-refractivity contribution is 0.112. The fourth-order valence-corrected chi connectivity index (χ4v) is 1.51. The molecule has 20 heavy (non-hydrogen) atoms. The van der Waals surface area contributed by atoms with Gasteiger partial charge >= 0.3 is 0 Å². The van der Waals surface area contributed by atoms with Crippen molar-refractivity contribution in [1.82, 2.24) is 10.4 Å². The standard InChI is InChI=1S/C14H26N4O2/c1-7-17-20-11(2)10-13(15)12(3)14(16-4)18(5)8-9-19-6/h10,15,17H,4,7-9H2,1-3,5-6H3/b11-10+,14-12+,15-13?. The maximum atomic E-state index is 8.08. The summed E-state index contributed by atoms with van der Waals surface area (Å²) in [6.45, 7) is 11.1. The lowest BCUT2D eigenvalue weighted by atomic mass is 10.1. The summed E-state index contributed by atoms with van der Waals surface area (Å²) < 4.78 is 5.04. The molecule has 0 aliphatic carbocycles. The van der Waals surface area contributed by atoms with Gasteiger partial charge in [0.1, 0.15) is 11.6 Å². The molecule has 0 saturated carbocycles. The van der Waals surface area contributed by atoms with E-state index in [9.17, 15) is 0 Å². The molecule has 6 nitrogen and oxygen atoms in total. The molecule has 6 heteroatoms. The zero-order valence-electron chi connectivity index (χ0n) is 13.1. The zero-order chi connectivity index (χ0) is 15.5. The van der Waals surface area contributed by atoms with Crippen LogP contribution in [0, 0.1) is 5.41 Å². The number of hydroxylamine groups is 1. The van der Waals surface area contributed by atoms with Crippen LogP contribution in [0.25, 0.3) is 0 Å². The molecule has 0 aromatic rings. The maximum absolute atomic E-state index is 8.08. The number of hydrogen-bond acceptors (Lipinski definition) is 6. The van der Waals surface area contributed by atoms with Crippen LogP contribution < -0.4 is 5.48 Å². The van der Waals surface area contributed by atoms with Crippen LogP contribution in [0.15, 0.2) is 28.2 Å². The Balaban J connectivity index is 4.94. The van der Waals surface area contributed by atoms with Crippen molar-refractivity contribution in [1.29, 1.82) is 5.41 Å². The van der Waals surface area contributed by atoms with E-state index in [4.69, 9.17) is 15.0 Å². The van der Waals surface area contributed by atoms with Crippen LogP contribution in [-0.2, 0) is 9.57 Å². The average molecular weight is 282 g/mol. The topological polar surface area (TPSA) is 69.9 Å². The van der Waals surface area contributed by atoms with E-state index < -0.39 is 0 Å². The Hall–Kier alpha value is -1.66. The highest BCUT2D eigenvalue weighted by Gasteiger charge is 2.10. The van der Waals surface area contributed by atoms with Gasteiger partial charge in [-0.15, -0.1) is 0 Å². The minimum absolute atomic E-state index is 0.340. The summed E-state index contributed by atoms with van der Waals surface area (Å²) in [5.74, 6) is 1.29. The van der Waals surface area contributed by atoms with E-state index in [1.807, 2.05) is 25.8 Å². The van der Waals surface area contributed by atoms with Gasteiger partial charge in [0.05, 0.1) is 12.3 Å². The summed E-state index contributed by atoms with van der Waals surface area (Å²) in [6, 6.07) is 0. The van der Waals surface area contributed by atoms with Gasteiger partial charge in [-0.3, -0.25) is 0 Å². The van der Waals surface area contributed by atoms with Crippen molar-refractivity contribution in [2.24, 2.45) is 4.99 Å². The number of hydrogen-bond donors (Lipinski definition) is 2. The van der Waals surface area contributed by atoms with E-state index in [0.717, 1.165) is 5.57 Å². The number of nitrogens with zero attached hydrogens (tertiary/aromatic N) is 2. The third-order valence-electron chi connectivity index (χ3n) is 2.61. The molecule has 0 amide bonds. The van der Waals surface area contributed by atoms with Crippen LogP contribution in [0.3, 0.4) is 0 Å². The second-order valence-corrected chi connectivity index (χ2v) is 4.29.